The number of nitrogens with two attached hydrogens (primary N) is 1. The van der Waals surface area contributed by atoms with Crippen molar-refractivity contribution < 1.29 is 18.8 Å². The first kappa shape index (κ1) is 20.1. The molecule has 28 heavy (non-hydrogen) atoms. The van der Waals surface area contributed by atoms with Crippen LogP contribution in [0, 0.1) is 13.8 Å². The predicted molar refractivity (Wildman–Crippen MR) is 108 cm³/mol. The van der Waals surface area contributed by atoms with Crippen LogP contribution < -0.4 is 11.1 Å². The molecule has 3 N–H and O–H groups in total. The lowest BCUT2D eigenvalue weighted by molar-refractivity contribution is -0.117. The molecule has 0 spiro atoms. The Kier molecular flexibility index (Phi) is 6.18. The minimum Gasteiger partial charge on any atom is -0.459 e. The molecule has 2 aromatic heterocycles. The van der Waals surface area contributed by atoms with Crippen LogP contribution in [0.1, 0.15) is 63.5 Å². The van der Waals surface area contributed by atoms with Crippen LogP contribution in [0.3, 0.4) is 0 Å². The van der Waals surface area contributed by atoms with Crippen LogP contribution in [0.2, 0.25) is 0 Å². The van der Waals surface area contributed by atoms with Gasteiger partial charge < -0.3 is 20.4 Å². The van der Waals surface area contributed by atoms with Gasteiger partial charge in [-0.05, 0) is 44.4 Å². The maximum atomic E-state index is 12.9. The lowest BCUT2D eigenvalue weighted by Crippen LogP contribution is -2.45. The molecular weight excluding hydrogens is 378 g/mol. The van der Waals surface area contributed by atoms with Crippen molar-refractivity contribution in [1.82, 2.24) is 4.90 Å². The number of carbonyl (C=O) groups excluding carboxylic acids is 3. The number of amides is 3. The highest BCUT2D eigenvalue weighted by Gasteiger charge is 2.30. The number of hydrogen-bond donors (Lipinski definition) is 2. The number of nitrogens with zero attached hydrogens (tertiary/aromatic N) is 1. The minimum atomic E-state index is -0.576. The standard InChI is InChI=1S/C20H25N3O4S/c1-12-13(2)28-19(17(12)18(21)25)22-16(24)11-23(14-7-4-3-5-8-14)20(26)15-9-6-10-27-15/h6,9-10,14H,3-5,7-8,11H2,1-2H3,(H2,21,25)(H,22,24). The molecular formula is C20H25N3O4S. The van der Waals surface area contributed by atoms with E-state index in [1.165, 1.54) is 17.6 Å². The third-order valence-electron chi connectivity index (χ3n) is 5.21. The predicted octanol–water partition coefficient (Wildman–Crippen LogP) is 3.47. The Labute approximate surface area is 167 Å². The van der Waals surface area contributed by atoms with Gasteiger partial charge in [0.15, 0.2) is 5.76 Å². The van der Waals surface area contributed by atoms with E-state index in [9.17, 15) is 14.4 Å². The summed E-state index contributed by atoms with van der Waals surface area (Å²) in [5.74, 6) is -0.998. The van der Waals surface area contributed by atoms with E-state index in [4.69, 9.17) is 10.2 Å². The number of rotatable bonds is 6. The molecule has 0 radical (unpaired) electrons. The summed E-state index contributed by atoms with van der Waals surface area (Å²) in [5, 5.41) is 3.21. The highest BCUT2D eigenvalue weighted by atomic mass is 32.1. The van der Waals surface area contributed by atoms with Crippen LogP contribution in [-0.4, -0.2) is 35.2 Å². The van der Waals surface area contributed by atoms with Gasteiger partial charge in [-0.1, -0.05) is 19.3 Å². The average Bonchev–Trinajstić information content (AvgIpc) is 3.29. The van der Waals surface area contributed by atoms with Gasteiger partial charge in [0.1, 0.15) is 11.5 Å². The smallest absolute Gasteiger partial charge is 0.290 e. The van der Waals surface area contributed by atoms with Gasteiger partial charge in [0.25, 0.3) is 11.8 Å². The molecule has 1 aliphatic rings. The second-order valence-electron chi connectivity index (χ2n) is 7.10. The van der Waals surface area contributed by atoms with Crippen LogP contribution in [0.15, 0.2) is 22.8 Å². The van der Waals surface area contributed by atoms with Gasteiger partial charge >= 0.3 is 0 Å². The number of carbonyl (C=O) groups is 3. The SMILES string of the molecule is Cc1sc(NC(=O)CN(C(=O)c2ccco2)C2CCCCC2)c(C(N)=O)c1C. The Morgan fingerprint density at radius 1 is 1.25 bits per heavy atom. The van der Waals surface area contributed by atoms with Gasteiger partial charge in [-0.2, -0.15) is 0 Å². The third kappa shape index (κ3) is 4.27. The van der Waals surface area contributed by atoms with Gasteiger partial charge in [-0.15, -0.1) is 11.3 Å². The van der Waals surface area contributed by atoms with Crippen LogP contribution in [0.25, 0.3) is 0 Å². The molecule has 0 aromatic carbocycles. The second kappa shape index (κ2) is 8.60. The molecule has 0 unspecified atom stereocenters. The molecule has 0 aliphatic heterocycles. The second-order valence-corrected chi connectivity index (χ2v) is 8.33. The molecule has 1 saturated carbocycles. The van der Waals surface area contributed by atoms with Gasteiger partial charge in [-0.3, -0.25) is 14.4 Å². The summed E-state index contributed by atoms with van der Waals surface area (Å²) in [6, 6.07) is 3.26. The number of hydrogen-bond acceptors (Lipinski definition) is 5. The Morgan fingerprint density at radius 2 is 1.96 bits per heavy atom. The summed E-state index contributed by atoms with van der Waals surface area (Å²) < 4.78 is 5.25. The molecule has 0 bridgehead atoms. The Balaban J connectivity index is 1.79. The molecule has 3 rings (SSSR count). The lowest BCUT2D eigenvalue weighted by Gasteiger charge is -2.33. The van der Waals surface area contributed by atoms with E-state index in [1.807, 2.05) is 6.92 Å². The van der Waals surface area contributed by atoms with Crippen molar-refractivity contribution in [2.24, 2.45) is 5.73 Å². The molecule has 2 heterocycles. The van der Waals surface area contributed by atoms with Crippen molar-refractivity contribution >= 4 is 34.1 Å². The van der Waals surface area contributed by atoms with Crippen molar-refractivity contribution in [3.8, 4) is 0 Å². The number of anilines is 1. The fraction of sp³-hybridized carbons (Fsp3) is 0.450. The summed E-state index contributed by atoms with van der Waals surface area (Å²) in [4.78, 5) is 39.9. The summed E-state index contributed by atoms with van der Waals surface area (Å²) in [7, 11) is 0. The fourth-order valence-corrected chi connectivity index (χ4v) is 4.72. The average molecular weight is 404 g/mol. The fourth-order valence-electron chi connectivity index (χ4n) is 3.63. The highest BCUT2D eigenvalue weighted by molar-refractivity contribution is 7.16. The minimum absolute atomic E-state index is 0.000446. The lowest BCUT2D eigenvalue weighted by atomic mass is 9.94. The van der Waals surface area contributed by atoms with Crippen molar-refractivity contribution in [1.29, 1.82) is 0 Å². The maximum absolute atomic E-state index is 12.9. The Hall–Kier alpha value is -2.61. The molecule has 1 aliphatic carbocycles. The van der Waals surface area contributed by atoms with E-state index in [0.29, 0.717) is 10.6 Å². The first-order chi connectivity index (χ1) is 13.4. The van der Waals surface area contributed by atoms with E-state index in [1.54, 1.807) is 24.0 Å². The zero-order chi connectivity index (χ0) is 20.3. The molecule has 3 amide bonds. The summed E-state index contributed by atoms with van der Waals surface area (Å²) in [5.41, 5.74) is 6.57. The van der Waals surface area contributed by atoms with E-state index in [0.717, 1.165) is 42.5 Å². The summed E-state index contributed by atoms with van der Waals surface area (Å²) in [6.45, 7) is 3.58. The molecule has 1 fully saturated rings. The Bertz CT molecular complexity index is 866. The number of aryl methyl sites for hydroxylation is 1. The number of furan rings is 1. The molecule has 0 saturated heterocycles. The number of nitrogens with one attached hydrogen (secondary N) is 1. The first-order valence-corrected chi connectivity index (χ1v) is 10.2. The van der Waals surface area contributed by atoms with E-state index >= 15 is 0 Å². The maximum Gasteiger partial charge on any atom is 0.290 e. The topological polar surface area (TPSA) is 106 Å². The van der Waals surface area contributed by atoms with Crippen LogP contribution >= 0.6 is 11.3 Å². The van der Waals surface area contributed by atoms with Gasteiger partial charge in [-0.25, -0.2) is 0 Å². The van der Waals surface area contributed by atoms with E-state index in [2.05, 4.69) is 5.32 Å². The van der Waals surface area contributed by atoms with Gasteiger partial charge in [0.05, 0.1) is 11.8 Å². The van der Waals surface area contributed by atoms with Gasteiger partial charge in [0.2, 0.25) is 5.91 Å². The third-order valence-corrected chi connectivity index (χ3v) is 6.33. The normalized spacial score (nSPS) is 14.6. The van der Waals surface area contributed by atoms with Crippen molar-refractivity contribution in [2.75, 3.05) is 11.9 Å². The zero-order valence-corrected chi connectivity index (χ0v) is 16.9. The summed E-state index contributed by atoms with van der Waals surface area (Å²) >= 11 is 1.31. The largest absolute Gasteiger partial charge is 0.459 e. The molecule has 150 valence electrons. The molecule has 7 nitrogen and oxygen atoms in total. The highest BCUT2D eigenvalue weighted by Crippen LogP contribution is 2.32. The number of primary amides is 1. The van der Waals surface area contributed by atoms with Crippen molar-refractivity contribution in [3.05, 3.63) is 40.2 Å². The van der Waals surface area contributed by atoms with E-state index < -0.39 is 5.91 Å². The van der Waals surface area contributed by atoms with Crippen molar-refractivity contribution in [2.45, 2.75) is 52.0 Å². The van der Waals surface area contributed by atoms with Crippen molar-refractivity contribution in [3.63, 3.8) is 0 Å². The molecule has 8 heteroatoms. The zero-order valence-electron chi connectivity index (χ0n) is 16.1. The van der Waals surface area contributed by atoms with E-state index in [-0.39, 0.29) is 30.2 Å². The first-order valence-electron chi connectivity index (χ1n) is 9.42. The Morgan fingerprint density at radius 3 is 2.57 bits per heavy atom. The van der Waals surface area contributed by atoms with Crippen LogP contribution in [-0.2, 0) is 4.79 Å². The number of thiophene rings is 1. The monoisotopic (exact) mass is 403 g/mol. The summed E-state index contributed by atoms with van der Waals surface area (Å²) in [6.07, 6.45) is 6.38. The van der Waals surface area contributed by atoms with Crippen LogP contribution in [0.4, 0.5) is 5.00 Å². The molecule has 0 atom stereocenters. The molecule has 2 aromatic rings. The quantitative estimate of drug-likeness (QED) is 0.770. The van der Waals surface area contributed by atoms with Gasteiger partial charge in [0, 0.05) is 10.9 Å². The van der Waals surface area contributed by atoms with Crippen LogP contribution in [0.5, 0.6) is 0 Å².